The number of hydrogen-bond acceptors (Lipinski definition) is 1. The Morgan fingerprint density at radius 1 is 1.00 bits per heavy atom. The molecule has 0 aliphatic carbocycles. The summed E-state index contributed by atoms with van der Waals surface area (Å²) in [7, 11) is 0. The molecule has 0 aromatic rings. The minimum atomic E-state index is 0. The molecule has 0 aliphatic rings. The van der Waals surface area contributed by atoms with Crippen LogP contribution in [0.15, 0.2) is 0 Å². The van der Waals surface area contributed by atoms with Crippen molar-refractivity contribution in [3.05, 3.63) is 0 Å². The minimum absolute atomic E-state index is 0. The molecule has 1 nitrogen and oxygen atoms in total. The molecule has 33 valence electrons. The minimum Gasteiger partial charge on any atom is -0.344 e. The molecule has 0 aromatic heterocycles. The maximum absolute atomic E-state index is 0. The summed E-state index contributed by atoms with van der Waals surface area (Å²) in [4.78, 5) is 0. The fraction of sp³-hybridized carbons (Fsp3) is 0. The average molecular weight is 262 g/mol. The second-order valence-corrected chi connectivity index (χ2v) is 0. The second-order valence-electron chi connectivity index (χ2n) is 0. The van der Waals surface area contributed by atoms with Gasteiger partial charge in [-0.1, -0.05) is 0 Å². The van der Waals surface area contributed by atoms with Gasteiger partial charge in [-0.25, -0.2) is 0 Å². The summed E-state index contributed by atoms with van der Waals surface area (Å²) in [5.74, 6) is 0. The first kappa shape index (κ1) is 53.9. The Balaban J connectivity index is 0. The van der Waals surface area contributed by atoms with Gasteiger partial charge < -0.3 is 6.15 Å². The predicted octanol–water partition coefficient (Wildman–Crippen LogP) is -0.966. The molecular formula is H9BFeNPPr. The quantitative estimate of drug-likeness (QED) is 0.442. The monoisotopic (exact) mass is 262 g/mol. The summed E-state index contributed by atoms with van der Waals surface area (Å²) in [5.41, 5.74) is 0. The molecular weight excluding hydrogens is 253 g/mol. The topological polar surface area (TPSA) is 35.0 Å². The molecule has 0 bridgehead atoms. The maximum Gasteiger partial charge on any atom is 0.0814 e. The van der Waals surface area contributed by atoms with Crippen molar-refractivity contribution in [2.24, 2.45) is 0 Å². The van der Waals surface area contributed by atoms with Gasteiger partial charge in [-0.2, -0.15) is 9.90 Å². The van der Waals surface area contributed by atoms with Gasteiger partial charge in [0.1, 0.15) is 0 Å². The van der Waals surface area contributed by atoms with Gasteiger partial charge in [-0.3, -0.25) is 0 Å². The zero-order valence-corrected chi connectivity index (χ0v) is 8.57. The van der Waals surface area contributed by atoms with Crippen LogP contribution < -0.4 is 6.15 Å². The Bertz CT molecular complexity index is 11.6. The van der Waals surface area contributed by atoms with Gasteiger partial charge in [-0.15, -0.1) is 0 Å². The van der Waals surface area contributed by atoms with E-state index in [0.717, 1.165) is 0 Å². The summed E-state index contributed by atoms with van der Waals surface area (Å²) in [6.45, 7) is 0. The fourth-order valence-corrected chi connectivity index (χ4v) is 0. The van der Waals surface area contributed by atoms with E-state index in [0.29, 0.717) is 0 Å². The molecule has 0 aliphatic heterocycles. The predicted molar refractivity (Wildman–Crippen MR) is 26.1 cm³/mol. The fourth-order valence-electron chi connectivity index (χ4n) is 0. The number of rotatable bonds is 0. The van der Waals surface area contributed by atoms with Crippen molar-refractivity contribution < 1.29 is 58.4 Å². The van der Waals surface area contributed by atoms with Crippen molar-refractivity contribution in [1.82, 2.24) is 6.15 Å². The molecule has 1 unspecified atom stereocenters. The van der Waals surface area contributed by atoms with Crippen LogP contribution in [0.2, 0.25) is 0 Å². The Labute approximate surface area is 81.6 Å². The third-order valence-corrected chi connectivity index (χ3v) is 0. The van der Waals surface area contributed by atoms with Crippen LogP contribution in [-0.2, 0) is 17.1 Å². The first-order chi connectivity index (χ1) is 0. The summed E-state index contributed by atoms with van der Waals surface area (Å²) < 4.78 is 0. The van der Waals surface area contributed by atoms with E-state index in [1.165, 1.54) is 0 Å². The molecule has 3 N–H and O–H groups in total. The molecule has 1 radical (unpaired) electrons. The van der Waals surface area contributed by atoms with E-state index in [-0.39, 0.29) is 82.8 Å². The molecule has 0 spiro atoms. The molecule has 0 aromatic carbocycles. The van der Waals surface area contributed by atoms with Gasteiger partial charge in [0.25, 0.3) is 0 Å². The van der Waals surface area contributed by atoms with Gasteiger partial charge in [0.15, 0.2) is 0 Å². The smallest absolute Gasteiger partial charge is 0.0814 e. The normalized spacial score (nSPS) is 0. The zero-order valence-electron chi connectivity index (χ0n) is 2.35. The van der Waals surface area contributed by atoms with Crippen LogP contribution in [0, 0.1) is 41.3 Å². The van der Waals surface area contributed by atoms with Crippen molar-refractivity contribution in [1.29, 1.82) is 0 Å². The molecule has 0 amide bonds. The summed E-state index contributed by atoms with van der Waals surface area (Å²) in [6.07, 6.45) is 0. The molecule has 0 rings (SSSR count). The van der Waals surface area contributed by atoms with Crippen molar-refractivity contribution in [2.45, 2.75) is 0 Å². The molecule has 0 saturated carbocycles. The Hall–Kier alpha value is 2.34. The molecule has 0 fully saturated rings. The Morgan fingerprint density at radius 2 is 1.00 bits per heavy atom. The van der Waals surface area contributed by atoms with Gasteiger partial charge >= 0.3 is 0 Å². The molecule has 1 atom stereocenters. The maximum atomic E-state index is 0. The number of hydrogen-bond donors (Lipinski definition) is 1. The van der Waals surface area contributed by atoms with E-state index in [9.17, 15) is 0 Å². The van der Waals surface area contributed by atoms with Crippen LogP contribution in [0.1, 0.15) is 0 Å². The van der Waals surface area contributed by atoms with E-state index < -0.39 is 0 Å². The summed E-state index contributed by atoms with van der Waals surface area (Å²) in [5, 5.41) is 0. The van der Waals surface area contributed by atoms with E-state index in [2.05, 4.69) is 0 Å². The Morgan fingerprint density at radius 3 is 1.00 bits per heavy atom. The van der Waals surface area contributed by atoms with Gasteiger partial charge in [0.05, 0.1) is 8.41 Å². The van der Waals surface area contributed by atoms with Crippen LogP contribution >= 0.6 is 9.90 Å². The zero-order chi connectivity index (χ0) is 0. The standard InChI is InChI=1S/BH3.Fe.H3N.H3P.Pr/h1H3;;2*1H3;. The summed E-state index contributed by atoms with van der Waals surface area (Å²) >= 11 is 0. The molecule has 0 heterocycles. The Kier molecular flexibility index (Phi) is 356. The van der Waals surface area contributed by atoms with Crippen LogP contribution in [0.4, 0.5) is 0 Å². The van der Waals surface area contributed by atoms with Crippen LogP contribution in [-0.4, -0.2) is 8.41 Å². The van der Waals surface area contributed by atoms with E-state index >= 15 is 0 Å². The van der Waals surface area contributed by atoms with E-state index in [1.54, 1.807) is 0 Å². The van der Waals surface area contributed by atoms with E-state index in [1.807, 2.05) is 0 Å². The van der Waals surface area contributed by atoms with Crippen LogP contribution in [0.25, 0.3) is 0 Å². The van der Waals surface area contributed by atoms with Crippen LogP contribution in [0.3, 0.4) is 0 Å². The van der Waals surface area contributed by atoms with Crippen molar-refractivity contribution in [3.63, 3.8) is 0 Å². The van der Waals surface area contributed by atoms with Crippen LogP contribution in [0.5, 0.6) is 0 Å². The van der Waals surface area contributed by atoms with Gasteiger partial charge in [0.2, 0.25) is 0 Å². The summed E-state index contributed by atoms with van der Waals surface area (Å²) in [6, 6.07) is 0. The van der Waals surface area contributed by atoms with Crippen molar-refractivity contribution in [3.8, 4) is 0 Å². The van der Waals surface area contributed by atoms with Gasteiger partial charge in [0, 0.05) is 58.4 Å². The van der Waals surface area contributed by atoms with Crippen molar-refractivity contribution >= 4 is 18.3 Å². The third-order valence-electron chi connectivity index (χ3n) is 0. The average Bonchev–Trinajstić information content (AvgIpc) is 0. The molecule has 0 saturated heterocycles. The molecule has 5 heteroatoms. The molecule has 5 heavy (non-hydrogen) atoms. The second kappa shape index (κ2) is 33.0. The van der Waals surface area contributed by atoms with Crippen molar-refractivity contribution in [2.75, 3.05) is 0 Å². The largest absolute Gasteiger partial charge is 0.344 e. The van der Waals surface area contributed by atoms with Gasteiger partial charge in [-0.05, 0) is 0 Å². The third kappa shape index (κ3) is 21.8. The SMILES string of the molecule is B.N.P.[Fe].[Pr]. The first-order valence-corrected chi connectivity index (χ1v) is 0. The van der Waals surface area contributed by atoms with E-state index in [4.69, 9.17) is 0 Å². The first-order valence-electron chi connectivity index (χ1n) is 0.